The van der Waals surface area contributed by atoms with Crippen LogP contribution < -0.4 is 10.5 Å². The molecule has 0 atom stereocenters. The van der Waals surface area contributed by atoms with E-state index in [1.165, 1.54) is 0 Å². The lowest BCUT2D eigenvalue weighted by Crippen LogP contribution is -2.26. The van der Waals surface area contributed by atoms with E-state index < -0.39 is 10.0 Å². The topological polar surface area (TPSA) is 72.2 Å². The minimum atomic E-state index is -3.23. The molecule has 5 heteroatoms. The molecule has 0 unspecified atom stereocenters. The monoisotopic (exact) mass is 284 g/mol. The maximum absolute atomic E-state index is 11.9. The Balaban J connectivity index is 2.44. The maximum atomic E-state index is 11.9. The highest BCUT2D eigenvalue weighted by Gasteiger charge is 2.10. The lowest BCUT2D eigenvalue weighted by molar-refractivity contribution is 0.539. The number of nitrogens with two attached hydrogens (primary N) is 1. The molecule has 1 aromatic carbocycles. The molecule has 3 N–H and O–H groups in total. The molecule has 0 aliphatic heterocycles. The van der Waals surface area contributed by atoms with Crippen LogP contribution in [0.1, 0.15) is 37.8 Å². The third-order valence-corrected chi connectivity index (χ3v) is 4.25. The summed E-state index contributed by atoms with van der Waals surface area (Å²) in [5.74, 6) is 0.632. The van der Waals surface area contributed by atoms with Crippen molar-refractivity contribution in [1.29, 1.82) is 0 Å². The highest BCUT2D eigenvalue weighted by atomic mass is 32.2. The normalized spacial score (nSPS) is 12.0. The van der Waals surface area contributed by atoms with E-state index in [0.29, 0.717) is 19.0 Å². The average molecular weight is 284 g/mol. The van der Waals surface area contributed by atoms with Gasteiger partial charge in [0.25, 0.3) is 0 Å². The number of nitrogens with one attached hydrogen (secondary N) is 1. The quantitative estimate of drug-likeness (QED) is 0.717. The Morgan fingerprint density at radius 2 is 1.74 bits per heavy atom. The van der Waals surface area contributed by atoms with Crippen LogP contribution in [-0.4, -0.2) is 15.0 Å². The number of hydrogen-bond donors (Lipinski definition) is 2. The summed E-state index contributed by atoms with van der Waals surface area (Å²) >= 11 is 0. The summed E-state index contributed by atoms with van der Waals surface area (Å²) < 4.78 is 26.4. The predicted octanol–water partition coefficient (Wildman–Crippen LogP) is 2.00. The first-order valence-corrected chi connectivity index (χ1v) is 8.33. The lowest BCUT2D eigenvalue weighted by Gasteiger charge is -2.08. The largest absolute Gasteiger partial charge is 0.326 e. The smallest absolute Gasteiger partial charge is 0.215 e. The molecular formula is C14H24N2O2S. The number of rotatable bonds is 8. The summed E-state index contributed by atoms with van der Waals surface area (Å²) in [5.41, 5.74) is 7.29. The zero-order valence-corrected chi connectivity index (χ0v) is 12.5. The number of benzene rings is 1. The molecule has 0 amide bonds. The van der Waals surface area contributed by atoms with Gasteiger partial charge in [0.05, 0.1) is 5.75 Å². The molecule has 0 radical (unpaired) electrons. The first kappa shape index (κ1) is 16.1. The zero-order chi connectivity index (χ0) is 14.3. The van der Waals surface area contributed by atoms with Crippen LogP contribution in [0.3, 0.4) is 0 Å². The van der Waals surface area contributed by atoms with Crippen molar-refractivity contribution >= 4 is 10.0 Å². The van der Waals surface area contributed by atoms with Crippen LogP contribution in [0.25, 0.3) is 0 Å². The predicted molar refractivity (Wildman–Crippen MR) is 79.0 cm³/mol. The molecule has 0 saturated heterocycles. The fourth-order valence-electron chi connectivity index (χ4n) is 1.78. The first-order valence-electron chi connectivity index (χ1n) is 6.68. The van der Waals surface area contributed by atoms with Gasteiger partial charge in [0.1, 0.15) is 0 Å². The van der Waals surface area contributed by atoms with E-state index in [-0.39, 0.29) is 5.75 Å². The van der Waals surface area contributed by atoms with Crippen molar-refractivity contribution in [1.82, 2.24) is 4.72 Å². The van der Waals surface area contributed by atoms with E-state index in [9.17, 15) is 8.42 Å². The molecule has 0 bridgehead atoms. The Hall–Kier alpha value is -0.910. The molecule has 19 heavy (non-hydrogen) atoms. The maximum Gasteiger partial charge on any atom is 0.215 e. The summed E-state index contributed by atoms with van der Waals surface area (Å²) in [6.07, 6.45) is 1.91. The minimum Gasteiger partial charge on any atom is -0.326 e. The Labute approximate surface area is 116 Å². The van der Waals surface area contributed by atoms with Crippen molar-refractivity contribution in [2.24, 2.45) is 11.7 Å². The minimum absolute atomic E-state index is 0.0273. The lowest BCUT2D eigenvalue weighted by atomic mass is 10.1. The molecule has 0 fully saturated rings. The molecular weight excluding hydrogens is 260 g/mol. The van der Waals surface area contributed by atoms with E-state index in [1.54, 1.807) is 0 Å². The van der Waals surface area contributed by atoms with Crippen molar-refractivity contribution in [2.75, 3.05) is 6.54 Å². The van der Waals surface area contributed by atoms with Crippen molar-refractivity contribution in [2.45, 2.75) is 39.0 Å². The van der Waals surface area contributed by atoms with Gasteiger partial charge in [-0.25, -0.2) is 13.1 Å². The second-order valence-corrected chi connectivity index (χ2v) is 7.02. The van der Waals surface area contributed by atoms with Gasteiger partial charge in [0, 0.05) is 13.1 Å². The summed E-state index contributed by atoms with van der Waals surface area (Å²) in [6.45, 7) is 5.25. The Bertz CT molecular complexity index is 467. The molecule has 0 aliphatic rings. The van der Waals surface area contributed by atoms with Crippen molar-refractivity contribution in [3.63, 3.8) is 0 Å². The standard InChI is InChI=1S/C14H24N2O2S/c1-12(2)4-3-9-16-19(17,18)11-14-7-5-13(10-15)6-8-14/h5-8,12,16H,3-4,9-11,15H2,1-2H3. The van der Waals surface area contributed by atoms with Gasteiger partial charge < -0.3 is 5.73 Å². The molecule has 4 nitrogen and oxygen atoms in total. The number of hydrogen-bond acceptors (Lipinski definition) is 3. The van der Waals surface area contributed by atoms with Gasteiger partial charge in [-0.2, -0.15) is 0 Å². The molecule has 0 saturated carbocycles. The van der Waals surface area contributed by atoms with E-state index in [2.05, 4.69) is 18.6 Å². The van der Waals surface area contributed by atoms with Crippen LogP contribution in [0, 0.1) is 5.92 Å². The summed E-state index contributed by atoms with van der Waals surface area (Å²) in [7, 11) is -3.23. The molecule has 0 aliphatic carbocycles. The van der Waals surface area contributed by atoms with Crippen molar-refractivity contribution in [3.8, 4) is 0 Å². The van der Waals surface area contributed by atoms with Crippen LogP contribution in [-0.2, 0) is 22.3 Å². The molecule has 0 heterocycles. The third-order valence-electron chi connectivity index (χ3n) is 2.90. The van der Waals surface area contributed by atoms with Gasteiger partial charge >= 0.3 is 0 Å². The van der Waals surface area contributed by atoms with E-state index >= 15 is 0 Å². The van der Waals surface area contributed by atoms with E-state index in [1.807, 2.05) is 24.3 Å². The van der Waals surface area contributed by atoms with Crippen molar-refractivity contribution < 1.29 is 8.42 Å². The van der Waals surface area contributed by atoms with Gasteiger partial charge in [0.15, 0.2) is 0 Å². The molecule has 108 valence electrons. The van der Waals surface area contributed by atoms with Crippen molar-refractivity contribution in [3.05, 3.63) is 35.4 Å². The second kappa shape index (κ2) is 7.62. The fourth-order valence-corrected chi connectivity index (χ4v) is 2.97. The van der Waals surface area contributed by atoms with Crippen LogP contribution in [0.15, 0.2) is 24.3 Å². The Morgan fingerprint density at radius 1 is 1.16 bits per heavy atom. The zero-order valence-electron chi connectivity index (χ0n) is 11.7. The average Bonchev–Trinajstić information content (AvgIpc) is 2.35. The molecule has 0 spiro atoms. The Kier molecular flexibility index (Phi) is 6.48. The SMILES string of the molecule is CC(C)CCCNS(=O)(=O)Cc1ccc(CN)cc1. The molecule has 1 rings (SSSR count). The summed E-state index contributed by atoms with van der Waals surface area (Å²) in [6, 6.07) is 7.36. The van der Waals surface area contributed by atoms with E-state index in [0.717, 1.165) is 24.0 Å². The first-order chi connectivity index (χ1) is 8.93. The highest BCUT2D eigenvalue weighted by Crippen LogP contribution is 2.08. The van der Waals surface area contributed by atoms with Gasteiger partial charge in [-0.1, -0.05) is 38.1 Å². The Morgan fingerprint density at radius 3 is 2.26 bits per heavy atom. The second-order valence-electron chi connectivity index (χ2n) is 5.21. The third kappa shape index (κ3) is 6.71. The van der Waals surface area contributed by atoms with Crippen LogP contribution >= 0.6 is 0 Å². The number of sulfonamides is 1. The van der Waals surface area contributed by atoms with Gasteiger partial charge in [0.2, 0.25) is 10.0 Å². The van der Waals surface area contributed by atoms with Gasteiger partial charge in [-0.15, -0.1) is 0 Å². The molecule has 1 aromatic rings. The van der Waals surface area contributed by atoms with Gasteiger partial charge in [-0.05, 0) is 29.9 Å². The van der Waals surface area contributed by atoms with Gasteiger partial charge in [-0.3, -0.25) is 0 Å². The van der Waals surface area contributed by atoms with Crippen LogP contribution in [0.2, 0.25) is 0 Å². The highest BCUT2D eigenvalue weighted by molar-refractivity contribution is 7.88. The molecule has 0 aromatic heterocycles. The fraction of sp³-hybridized carbons (Fsp3) is 0.571. The summed E-state index contributed by atoms with van der Waals surface area (Å²) in [4.78, 5) is 0. The van der Waals surface area contributed by atoms with E-state index in [4.69, 9.17) is 5.73 Å². The summed E-state index contributed by atoms with van der Waals surface area (Å²) in [5, 5.41) is 0. The van der Waals surface area contributed by atoms with Crippen LogP contribution in [0.5, 0.6) is 0 Å². The van der Waals surface area contributed by atoms with Crippen LogP contribution in [0.4, 0.5) is 0 Å².